The van der Waals surface area contributed by atoms with Crippen LogP contribution in [0.3, 0.4) is 0 Å². The second-order valence-corrected chi connectivity index (χ2v) is 6.16. The third-order valence-electron chi connectivity index (χ3n) is 4.46. The predicted molar refractivity (Wildman–Crippen MR) is 101 cm³/mol. The first-order valence-electron chi connectivity index (χ1n) is 8.74. The van der Waals surface area contributed by atoms with Crippen LogP contribution in [0.4, 0.5) is 10.6 Å². The molecule has 1 aromatic heterocycles. The van der Waals surface area contributed by atoms with Gasteiger partial charge in [0.15, 0.2) is 11.5 Å². The summed E-state index contributed by atoms with van der Waals surface area (Å²) in [7, 11) is 4.71. The van der Waals surface area contributed by atoms with E-state index in [0.29, 0.717) is 29.6 Å². The van der Waals surface area contributed by atoms with Crippen molar-refractivity contribution in [1.82, 2.24) is 20.4 Å². The number of hydrogen-bond donors (Lipinski definition) is 3. The van der Waals surface area contributed by atoms with Gasteiger partial charge in [-0.15, -0.1) is 0 Å². The van der Waals surface area contributed by atoms with Crippen molar-refractivity contribution in [2.75, 3.05) is 39.7 Å². The Labute approximate surface area is 158 Å². The number of amides is 2. The van der Waals surface area contributed by atoms with E-state index in [4.69, 9.17) is 14.2 Å². The molecule has 1 atom stereocenters. The molecule has 2 amide bonds. The number of anilines is 1. The van der Waals surface area contributed by atoms with Crippen molar-refractivity contribution in [2.45, 2.75) is 19.0 Å². The summed E-state index contributed by atoms with van der Waals surface area (Å²) in [5, 5.41) is 13.3. The monoisotopic (exact) mass is 375 g/mol. The summed E-state index contributed by atoms with van der Waals surface area (Å²) >= 11 is 0. The van der Waals surface area contributed by atoms with Crippen LogP contribution in [-0.4, -0.2) is 56.3 Å². The summed E-state index contributed by atoms with van der Waals surface area (Å²) in [6.45, 7) is 2.11. The Morgan fingerprint density at radius 3 is 2.70 bits per heavy atom. The van der Waals surface area contributed by atoms with Crippen molar-refractivity contribution in [1.29, 1.82) is 0 Å². The molecule has 1 aromatic carbocycles. The van der Waals surface area contributed by atoms with Crippen molar-refractivity contribution in [3.05, 3.63) is 30.0 Å². The van der Waals surface area contributed by atoms with Gasteiger partial charge in [-0.05, 0) is 25.1 Å². The molecule has 0 aliphatic carbocycles. The van der Waals surface area contributed by atoms with Gasteiger partial charge in [0.25, 0.3) is 0 Å². The van der Waals surface area contributed by atoms with Gasteiger partial charge in [0, 0.05) is 24.2 Å². The standard InChI is InChI=1S/C18H25N5O4/c1-25-14-5-4-12(16(26-2)17(14)27-3)11-23-15(7-9-20-23)22-18(24)21-13-6-8-19-10-13/h4-5,7,9,13,19H,6,8,10-11H2,1-3H3,(H2,21,22,24)/t13-/m1/s1. The summed E-state index contributed by atoms with van der Waals surface area (Å²) in [4.78, 5) is 12.2. The normalized spacial score (nSPS) is 16.0. The van der Waals surface area contributed by atoms with Gasteiger partial charge in [0.1, 0.15) is 5.82 Å². The molecule has 3 N–H and O–H groups in total. The van der Waals surface area contributed by atoms with Crippen LogP contribution in [0.1, 0.15) is 12.0 Å². The molecular formula is C18H25N5O4. The topological polar surface area (TPSA) is 98.7 Å². The molecule has 27 heavy (non-hydrogen) atoms. The quantitative estimate of drug-likeness (QED) is 0.677. The number of rotatable bonds is 7. The molecular weight excluding hydrogens is 350 g/mol. The Hall–Kier alpha value is -2.94. The fraction of sp³-hybridized carbons (Fsp3) is 0.444. The van der Waals surface area contributed by atoms with E-state index in [1.807, 2.05) is 12.1 Å². The molecule has 0 unspecified atom stereocenters. The van der Waals surface area contributed by atoms with Crippen LogP contribution >= 0.6 is 0 Å². The van der Waals surface area contributed by atoms with Gasteiger partial charge < -0.3 is 24.8 Å². The Morgan fingerprint density at radius 2 is 2.04 bits per heavy atom. The number of carbonyl (C=O) groups excluding carboxylic acids is 1. The zero-order chi connectivity index (χ0) is 19.2. The maximum atomic E-state index is 12.2. The van der Waals surface area contributed by atoms with Crippen LogP contribution in [-0.2, 0) is 6.54 Å². The Bertz CT molecular complexity index is 786. The molecule has 1 aliphatic heterocycles. The van der Waals surface area contributed by atoms with Crippen molar-refractivity contribution in [2.24, 2.45) is 0 Å². The van der Waals surface area contributed by atoms with E-state index in [0.717, 1.165) is 25.1 Å². The number of carbonyl (C=O) groups is 1. The first kappa shape index (κ1) is 18.8. The third kappa shape index (κ3) is 4.25. The molecule has 1 aliphatic rings. The average Bonchev–Trinajstić information content (AvgIpc) is 3.33. The lowest BCUT2D eigenvalue weighted by Crippen LogP contribution is -2.39. The van der Waals surface area contributed by atoms with Crippen LogP contribution in [0.15, 0.2) is 24.4 Å². The molecule has 2 heterocycles. The lowest BCUT2D eigenvalue weighted by Gasteiger charge is -2.17. The van der Waals surface area contributed by atoms with E-state index < -0.39 is 0 Å². The first-order valence-corrected chi connectivity index (χ1v) is 8.74. The van der Waals surface area contributed by atoms with E-state index in [1.54, 1.807) is 38.3 Å². The number of nitrogens with zero attached hydrogens (tertiary/aromatic N) is 2. The molecule has 0 saturated carbocycles. The van der Waals surface area contributed by atoms with Gasteiger partial charge >= 0.3 is 6.03 Å². The maximum Gasteiger partial charge on any atom is 0.320 e. The van der Waals surface area contributed by atoms with Gasteiger partial charge in [0.2, 0.25) is 5.75 Å². The molecule has 0 radical (unpaired) electrons. The number of urea groups is 1. The van der Waals surface area contributed by atoms with E-state index in [1.165, 1.54) is 0 Å². The number of nitrogens with one attached hydrogen (secondary N) is 3. The van der Waals surface area contributed by atoms with Crippen LogP contribution in [0.2, 0.25) is 0 Å². The minimum atomic E-state index is -0.246. The van der Waals surface area contributed by atoms with Crippen LogP contribution in [0, 0.1) is 0 Å². The van der Waals surface area contributed by atoms with Gasteiger partial charge in [-0.3, -0.25) is 5.32 Å². The molecule has 1 saturated heterocycles. The zero-order valence-corrected chi connectivity index (χ0v) is 15.7. The Kier molecular flexibility index (Phi) is 6.02. The molecule has 2 aromatic rings. The highest BCUT2D eigenvalue weighted by Gasteiger charge is 2.19. The van der Waals surface area contributed by atoms with Crippen molar-refractivity contribution >= 4 is 11.8 Å². The fourth-order valence-corrected chi connectivity index (χ4v) is 3.13. The largest absolute Gasteiger partial charge is 0.493 e. The number of ether oxygens (including phenoxy) is 3. The Morgan fingerprint density at radius 1 is 1.22 bits per heavy atom. The average molecular weight is 375 g/mol. The molecule has 9 nitrogen and oxygen atoms in total. The number of hydrogen-bond acceptors (Lipinski definition) is 6. The maximum absolute atomic E-state index is 12.2. The van der Waals surface area contributed by atoms with Gasteiger partial charge in [-0.25, -0.2) is 9.48 Å². The predicted octanol–water partition coefficient (Wildman–Crippen LogP) is 1.44. The van der Waals surface area contributed by atoms with Crippen LogP contribution in [0.5, 0.6) is 17.2 Å². The lowest BCUT2D eigenvalue weighted by atomic mass is 10.1. The van der Waals surface area contributed by atoms with Gasteiger partial charge in [0.05, 0.1) is 34.1 Å². The van der Waals surface area contributed by atoms with Crippen molar-refractivity contribution < 1.29 is 19.0 Å². The summed E-state index contributed by atoms with van der Waals surface area (Å²) in [5.41, 5.74) is 0.849. The first-order chi connectivity index (χ1) is 13.2. The van der Waals surface area contributed by atoms with E-state index in [-0.39, 0.29) is 12.1 Å². The lowest BCUT2D eigenvalue weighted by molar-refractivity contribution is 0.249. The zero-order valence-electron chi connectivity index (χ0n) is 15.7. The van der Waals surface area contributed by atoms with Gasteiger partial charge in [-0.1, -0.05) is 0 Å². The van der Waals surface area contributed by atoms with Crippen molar-refractivity contribution in [3.63, 3.8) is 0 Å². The van der Waals surface area contributed by atoms with Crippen molar-refractivity contribution in [3.8, 4) is 17.2 Å². The molecule has 146 valence electrons. The summed E-state index contributed by atoms with van der Waals surface area (Å²) in [6.07, 6.45) is 2.56. The summed E-state index contributed by atoms with van der Waals surface area (Å²) in [6, 6.07) is 5.35. The third-order valence-corrected chi connectivity index (χ3v) is 4.46. The SMILES string of the molecule is COc1ccc(Cn2nccc2NC(=O)N[C@@H]2CCNC2)c(OC)c1OC. The summed E-state index contributed by atoms with van der Waals surface area (Å²) in [5.74, 6) is 2.27. The van der Waals surface area contributed by atoms with Crippen LogP contribution < -0.4 is 30.2 Å². The number of aromatic nitrogens is 2. The molecule has 1 fully saturated rings. The number of methoxy groups -OCH3 is 3. The van der Waals surface area contributed by atoms with Gasteiger partial charge in [-0.2, -0.15) is 5.10 Å². The Balaban J connectivity index is 1.75. The van der Waals surface area contributed by atoms with E-state index >= 15 is 0 Å². The minimum Gasteiger partial charge on any atom is -0.493 e. The molecule has 0 spiro atoms. The summed E-state index contributed by atoms with van der Waals surface area (Å²) < 4.78 is 17.9. The second kappa shape index (κ2) is 8.63. The fourth-order valence-electron chi connectivity index (χ4n) is 3.13. The number of benzene rings is 1. The molecule has 0 bridgehead atoms. The highest BCUT2D eigenvalue weighted by atomic mass is 16.5. The molecule has 9 heteroatoms. The molecule has 3 rings (SSSR count). The minimum absolute atomic E-state index is 0.146. The second-order valence-electron chi connectivity index (χ2n) is 6.16. The highest BCUT2D eigenvalue weighted by molar-refractivity contribution is 5.88. The highest BCUT2D eigenvalue weighted by Crippen LogP contribution is 2.40. The van der Waals surface area contributed by atoms with Crippen LogP contribution in [0.25, 0.3) is 0 Å². The van der Waals surface area contributed by atoms with E-state index in [2.05, 4.69) is 21.0 Å². The smallest absolute Gasteiger partial charge is 0.320 e. The van der Waals surface area contributed by atoms with E-state index in [9.17, 15) is 4.79 Å².